The lowest BCUT2D eigenvalue weighted by Crippen LogP contribution is -2.02. The zero-order chi connectivity index (χ0) is 17.5. The van der Waals surface area contributed by atoms with E-state index in [0.29, 0.717) is 0 Å². The summed E-state index contributed by atoms with van der Waals surface area (Å²) in [5.41, 5.74) is 2.70. The van der Waals surface area contributed by atoms with Gasteiger partial charge in [-0.05, 0) is 36.4 Å². The van der Waals surface area contributed by atoms with Gasteiger partial charge in [0.1, 0.15) is 0 Å². The van der Waals surface area contributed by atoms with Crippen molar-refractivity contribution in [2.24, 2.45) is 0 Å². The van der Waals surface area contributed by atoms with Crippen LogP contribution in [0.5, 0.6) is 0 Å². The number of hydrogen-bond acceptors (Lipinski definition) is 6. The minimum atomic E-state index is 0.846. The number of imidazole rings is 1. The number of rotatable bonds is 8. The van der Waals surface area contributed by atoms with Crippen molar-refractivity contribution < 1.29 is 0 Å². The number of benzene rings is 1. The van der Waals surface area contributed by atoms with Gasteiger partial charge in [-0.3, -0.25) is 0 Å². The second-order valence-electron chi connectivity index (χ2n) is 5.31. The molecule has 3 aromatic rings. The molecule has 1 aromatic carbocycles. The van der Waals surface area contributed by atoms with Gasteiger partial charge >= 0.3 is 0 Å². The minimum absolute atomic E-state index is 0.846. The second-order valence-corrected chi connectivity index (χ2v) is 8.28. The van der Waals surface area contributed by atoms with E-state index in [4.69, 9.17) is 0 Å². The summed E-state index contributed by atoms with van der Waals surface area (Å²) in [6, 6.07) is 8.40. The lowest BCUT2D eigenvalue weighted by molar-refractivity contribution is 0.704. The zero-order valence-corrected chi connectivity index (χ0v) is 16.7. The maximum atomic E-state index is 4.38. The fraction of sp³-hybridized carbons (Fsp3) is 0.278. The predicted molar refractivity (Wildman–Crippen MR) is 108 cm³/mol. The predicted octanol–water partition coefficient (Wildman–Crippen LogP) is 4.64. The van der Waals surface area contributed by atoms with E-state index in [1.807, 2.05) is 30.2 Å². The SMILES string of the molecule is CSc1nccn1Cc1cccc(SCCSc2ncccn2)c1C. The van der Waals surface area contributed by atoms with Crippen LogP contribution in [0.3, 0.4) is 0 Å². The molecule has 0 bridgehead atoms. The lowest BCUT2D eigenvalue weighted by Gasteiger charge is -2.12. The number of hydrogen-bond donors (Lipinski definition) is 0. The van der Waals surface area contributed by atoms with Crippen LogP contribution in [0.15, 0.2) is 64.3 Å². The molecule has 0 fully saturated rings. The molecular formula is C18H20N4S3. The van der Waals surface area contributed by atoms with E-state index in [9.17, 15) is 0 Å². The molecular weight excluding hydrogens is 368 g/mol. The van der Waals surface area contributed by atoms with Crippen LogP contribution < -0.4 is 0 Å². The highest BCUT2D eigenvalue weighted by molar-refractivity contribution is 8.02. The van der Waals surface area contributed by atoms with Crippen molar-refractivity contribution in [3.8, 4) is 0 Å². The van der Waals surface area contributed by atoms with E-state index < -0.39 is 0 Å². The van der Waals surface area contributed by atoms with Crippen LogP contribution in [0.2, 0.25) is 0 Å². The molecule has 4 nitrogen and oxygen atoms in total. The highest BCUT2D eigenvalue weighted by atomic mass is 32.2. The summed E-state index contributed by atoms with van der Waals surface area (Å²) >= 11 is 5.27. The van der Waals surface area contributed by atoms with Crippen molar-refractivity contribution in [1.82, 2.24) is 19.5 Å². The summed E-state index contributed by atoms with van der Waals surface area (Å²) in [6.45, 7) is 3.07. The summed E-state index contributed by atoms with van der Waals surface area (Å²) in [7, 11) is 0. The van der Waals surface area contributed by atoms with E-state index in [0.717, 1.165) is 28.4 Å². The first-order valence-corrected chi connectivity index (χ1v) is 11.1. The lowest BCUT2D eigenvalue weighted by atomic mass is 10.1. The van der Waals surface area contributed by atoms with E-state index in [-0.39, 0.29) is 0 Å². The molecule has 0 N–H and O–H groups in total. The fourth-order valence-electron chi connectivity index (χ4n) is 2.42. The Hall–Kier alpha value is -1.44. The third-order valence-corrected chi connectivity index (χ3v) is 6.71. The first kappa shape index (κ1) is 18.4. The summed E-state index contributed by atoms with van der Waals surface area (Å²) in [6.07, 6.45) is 9.54. The minimum Gasteiger partial charge on any atom is -0.322 e. The maximum absolute atomic E-state index is 4.38. The molecule has 2 aromatic heterocycles. The Balaban J connectivity index is 1.59. The third kappa shape index (κ3) is 5.03. The smallest absolute Gasteiger partial charge is 0.187 e. The van der Waals surface area contributed by atoms with E-state index >= 15 is 0 Å². The molecule has 2 heterocycles. The van der Waals surface area contributed by atoms with Gasteiger partial charge in [0.05, 0.1) is 0 Å². The Labute approximate surface area is 161 Å². The Morgan fingerprint density at radius 1 is 0.960 bits per heavy atom. The van der Waals surface area contributed by atoms with Gasteiger partial charge < -0.3 is 4.57 Å². The van der Waals surface area contributed by atoms with Gasteiger partial charge in [0, 0.05) is 47.7 Å². The van der Waals surface area contributed by atoms with Crippen molar-refractivity contribution in [3.05, 3.63) is 60.2 Å². The average molecular weight is 389 g/mol. The van der Waals surface area contributed by atoms with Crippen molar-refractivity contribution in [3.63, 3.8) is 0 Å². The Morgan fingerprint density at radius 2 is 1.76 bits per heavy atom. The molecule has 0 saturated heterocycles. The zero-order valence-electron chi connectivity index (χ0n) is 14.3. The van der Waals surface area contributed by atoms with Gasteiger partial charge in [0.25, 0.3) is 0 Å². The number of aromatic nitrogens is 4. The van der Waals surface area contributed by atoms with Crippen molar-refractivity contribution in [2.75, 3.05) is 17.8 Å². The molecule has 0 saturated carbocycles. The fourth-order valence-corrected chi connectivity index (χ4v) is 4.81. The van der Waals surface area contributed by atoms with Crippen molar-refractivity contribution >= 4 is 35.3 Å². The van der Waals surface area contributed by atoms with Crippen LogP contribution in [-0.4, -0.2) is 37.3 Å². The van der Waals surface area contributed by atoms with Crippen LogP contribution in [0.1, 0.15) is 11.1 Å². The summed E-state index contributed by atoms with van der Waals surface area (Å²) in [5.74, 6) is 2.03. The molecule has 0 aliphatic rings. The largest absolute Gasteiger partial charge is 0.322 e. The Morgan fingerprint density at radius 3 is 2.56 bits per heavy atom. The number of thioether (sulfide) groups is 3. The molecule has 0 spiro atoms. The van der Waals surface area contributed by atoms with E-state index in [2.05, 4.69) is 50.9 Å². The highest BCUT2D eigenvalue weighted by Crippen LogP contribution is 2.27. The van der Waals surface area contributed by atoms with Crippen LogP contribution >= 0.6 is 35.3 Å². The molecule has 0 aliphatic carbocycles. The van der Waals surface area contributed by atoms with Crippen LogP contribution in [0, 0.1) is 6.92 Å². The Kier molecular flexibility index (Phi) is 6.84. The van der Waals surface area contributed by atoms with Crippen molar-refractivity contribution in [2.45, 2.75) is 28.7 Å². The summed E-state index contributed by atoms with van der Waals surface area (Å²) in [4.78, 5) is 14.2. The molecule has 0 amide bonds. The molecule has 0 unspecified atom stereocenters. The normalized spacial score (nSPS) is 11.0. The monoisotopic (exact) mass is 388 g/mol. The van der Waals surface area contributed by atoms with Gasteiger partial charge in [-0.25, -0.2) is 15.0 Å². The van der Waals surface area contributed by atoms with Crippen molar-refractivity contribution in [1.29, 1.82) is 0 Å². The molecule has 0 radical (unpaired) electrons. The van der Waals surface area contributed by atoms with Gasteiger partial charge in [0.2, 0.25) is 0 Å². The highest BCUT2D eigenvalue weighted by Gasteiger charge is 2.08. The van der Waals surface area contributed by atoms with Gasteiger partial charge in [-0.2, -0.15) is 0 Å². The van der Waals surface area contributed by atoms with Crippen LogP contribution in [0.4, 0.5) is 0 Å². The number of nitrogens with zero attached hydrogens (tertiary/aromatic N) is 4. The molecule has 130 valence electrons. The Bertz CT molecular complexity index is 805. The van der Waals surface area contributed by atoms with Gasteiger partial charge in [-0.15, -0.1) is 11.8 Å². The molecule has 25 heavy (non-hydrogen) atoms. The van der Waals surface area contributed by atoms with E-state index in [1.54, 1.807) is 35.9 Å². The first-order chi connectivity index (χ1) is 12.3. The molecule has 0 atom stereocenters. The van der Waals surface area contributed by atoms with Gasteiger partial charge in [-0.1, -0.05) is 35.7 Å². The van der Waals surface area contributed by atoms with E-state index in [1.165, 1.54) is 16.0 Å². The van der Waals surface area contributed by atoms with Crippen LogP contribution in [-0.2, 0) is 6.54 Å². The average Bonchev–Trinajstić information content (AvgIpc) is 3.09. The molecule has 7 heteroatoms. The van der Waals surface area contributed by atoms with Crippen LogP contribution in [0.25, 0.3) is 0 Å². The maximum Gasteiger partial charge on any atom is 0.187 e. The molecule has 3 rings (SSSR count). The standard InChI is InChI=1S/C18H20N4S3/c1-14-15(13-22-10-9-21-18(22)23-2)5-3-6-16(14)24-11-12-25-17-19-7-4-8-20-17/h3-10H,11-13H2,1-2H3. The summed E-state index contributed by atoms with van der Waals surface area (Å²) in [5, 5.41) is 1.90. The second kappa shape index (κ2) is 9.31. The topological polar surface area (TPSA) is 43.6 Å². The molecule has 0 aliphatic heterocycles. The quantitative estimate of drug-likeness (QED) is 0.318. The first-order valence-electron chi connectivity index (χ1n) is 7.94. The third-order valence-electron chi connectivity index (χ3n) is 3.71. The van der Waals surface area contributed by atoms with Gasteiger partial charge in [0.15, 0.2) is 10.3 Å². The summed E-state index contributed by atoms with van der Waals surface area (Å²) < 4.78 is 2.20.